The monoisotopic (exact) mass is 677 g/mol. The molecule has 4 aromatic carbocycles. The van der Waals surface area contributed by atoms with E-state index in [2.05, 4.69) is 21.2 Å². The van der Waals surface area contributed by atoms with Crippen LogP contribution in [0.15, 0.2) is 112 Å². The molecule has 1 N–H and O–H groups in total. The molecule has 8 nitrogen and oxygen atoms in total. The third-order valence-electron chi connectivity index (χ3n) is 7.11. The van der Waals surface area contributed by atoms with Gasteiger partial charge in [0.2, 0.25) is 11.8 Å². The number of ether oxygens (including phenoxy) is 1. The highest BCUT2D eigenvalue weighted by Gasteiger charge is 2.34. The number of anilines is 1. The second kappa shape index (κ2) is 15.0. The van der Waals surface area contributed by atoms with Crippen LogP contribution < -0.4 is 14.4 Å². The fraction of sp³-hybridized carbons (Fsp3) is 0.235. The van der Waals surface area contributed by atoms with Crippen LogP contribution >= 0.6 is 15.9 Å². The molecule has 10 heteroatoms. The number of hydrogen-bond donors (Lipinski definition) is 1. The number of methoxy groups -OCH3 is 1. The van der Waals surface area contributed by atoms with E-state index in [4.69, 9.17) is 4.74 Å². The number of likely N-dealkylation sites (N-methyl/N-ethyl adjacent to an activating group) is 1. The van der Waals surface area contributed by atoms with Crippen LogP contribution in [0.1, 0.15) is 23.6 Å². The molecule has 0 unspecified atom stereocenters. The quantitative estimate of drug-likeness (QED) is 0.195. The van der Waals surface area contributed by atoms with Crippen LogP contribution in [-0.2, 0) is 32.6 Å². The fourth-order valence-electron chi connectivity index (χ4n) is 4.79. The largest absolute Gasteiger partial charge is 0.497 e. The van der Waals surface area contributed by atoms with Gasteiger partial charge in [0.25, 0.3) is 10.0 Å². The van der Waals surface area contributed by atoms with Crippen molar-refractivity contribution in [3.8, 4) is 5.75 Å². The van der Waals surface area contributed by atoms with E-state index in [1.807, 2.05) is 56.3 Å². The lowest BCUT2D eigenvalue weighted by molar-refractivity contribution is -0.140. The topological polar surface area (TPSA) is 96.0 Å². The predicted molar refractivity (Wildman–Crippen MR) is 176 cm³/mol. The first kappa shape index (κ1) is 32.8. The van der Waals surface area contributed by atoms with Gasteiger partial charge in [0.15, 0.2) is 0 Å². The van der Waals surface area contributed by atoms with E-state index in [9.17, 15) is 18.0 Å². The molecule has 0 aliphatic rings. The molecule has 1 atom stereocenters. The van der Waals surface area contributed by atoms with Gasteiger partial charge in [0.1, 0.15) is 18.3 Å². The minimum absolute atomic E-state index is 0.0581. The van der Waals surface area contributed by atoms with Crippen molar-refractivity contribution in [2.45, 2.75) is 37.8 Å². The number of rotatable bonds is 13. The van der Waals surface area contributed by atoms with E-state index < -0.39 is 28.5 Å². The number of halogens is 1. The number of hydrogen-bond acceptors (Lipinski definition) is 5. The molecule has 2 amide bonds. The van der Waals surface area contributed by atoms with Crippen LogP contribution in [0.25, 0.3) is 0 Å². The van der Waals surface area contributed by atoms with Crippen molar-refractivity contribution < 1.29 is 22.7 Å². The fourth-order valence-corrected chi connectivity index (χ4v) is 6.47. The Morgan fingerprint density at radius 2 is 1.55 bits per heavy atom. The zero-order valence-corrected chi connectivity index (χ0v) is 27.3. The van der Waals surface area contributed by atoms with Gasteiger partial charge >= 0.3 is 0 Å². The molecule has 0 aromatic heterocycles. The van der Waals surface area contributed by atoms with Crippen LogP contribution in [0.2, 0.25) is 0 Å². The van der Waals surface area contributed by atoms with Crippen molar-refractivity contribution >= 4 is 43.5 Å². The second-order valence-corrected chi connectivity index (χ2v) is 13.1. The van der Waals surface area contributed by atoms with Crippen LogP contribution in [0.5, 0.6) is 5.75 Å². The highest BCUT2D eigenvalue weighted by molar-refractivity contribution is 9.10. The maximum Gasteiger partial charge on any atom is 0.264 e. The first-order chi connectivity index (χ1) is 21.1. The van der Waals surface area contributed by atoms with Gasteiger partial charge in [-0.1, -0.05) is 76.1 Å². The molecular formula is C34H36BrN3O5S. The number of sulfonamides is 1. The molecule has 0 aliphatic heterocycles. The number of nitrogens with one attached hydrogen (secondary N) is 1. The molecule has 230 valence electrons. The van der Waals surface area contributed by atoms with Crippen molar-refractivity contribution in [3.05, 3.63) is 124 Å². The van der Waals surface area contributed by atoms with Gasteiger partial charge in [0.05, 0.1) is 17.7 Å². The summed E-state index contributed by atoms with van der Waals surface area (Å²) in [6.45, 7) is 3.60. The number of benzene rings is 4. The van der Waals surface area contributed by atoms with E-state index in [0.717, 1.165) is 25.5 Å². The van der Waals surface area contributed by atoms with Gasteiger partial charge in [-0.3, -0.25) is 13.9 Å². The molecule has 0 heterocycles. The normalized spacial score (nSPS) is 11.8. The van der Waals surface area contributed by atoms with Crippen molar-refractivity contribution in [2.24, 2.45) is 0 Å². The Bertz CT molecular complexity index is 1660. The highest BCUT2D eigenvalue weighted by atomic mass is 79.9. The van der Waals surface area contributed by atoms with Crippen molar-refractivity contribution in [3.63, 3.8) is 0 Å². The lowest BCUT2D eigenvalue weighted by Crippen LogP contribution is -2.53. The van der Waals surface area contributed by atoms with Crippen LogP contribution in [0, 0.1) is 6.92 Å². The first-order valence-electron chi connectivity index (χ1n) is 14.2. The van der Waals surface area contributed by atoms with Crippen molar-refractivity contribution in [1.82, 2.24) is 10.2 Å². The maximum absolute atomic E-state index is 14.4. The summed E-state index contributed by atoms with van der Waals surface area (Å²) in [7, 11) is -2.60. The summed E-state index contributed by atoms with van der Waals surface area (Å²) >= 11 is 3.40. The Morgan fingerprint density at radius 1 is 0.886 bits per heavy atom. The Labute approximate surface area is 267 Å². The Morgan fingerprint density at radius 3 is 2.18 bits per heavy atom. The summed E-state index contributed by atoms with van der Waals surface area (Å²) in [5, 5.41) is 2.87. The van der Waals surface area contributed by atoms with Crippen LogP contribution in [0.3, 0.4) is 0 Å². The summed E-state index contributed by atoms with van der Waals surface area (Å²) in [5.41, 5.74) is 2.83. The first-order valence-corrected chi connectivity index (χ1v) is 16.4. The maximum atomic E-state index is 14.4. The van der Waals surface area contributed by atoms with E-state index in [1.54, 1.807) is 55.6 Å². The Kier molecular flexibility index (Phi) is 11.2. The molecule has 0 fully saturated rings. The average Bonchev–Trinajstić information content (AvgIpc) is 3.02. The van der Waals surface area contributed by atoms with E-state index in [1.165, 1.54) is 17.0 Å². The zero-order valence-electron chi connectivity index (χ0n) is 24.9. The van der Waals surface area contributed by atoms with Gasteiger partial charge in [-0.25, -0.2) is 8.42 Å². The Balaban J connectivity index is 1.80. The molecule has 0 saturated carbocycles. The third-order valence-corrected chi connectivity index (χ3v) is 9.43. The summed E-state index contributed by atoms with van der Waals surface area (Å²) < 4.78 is 35.4. The van der Waals surface area contributed by atoms with Gasteiger partial charge in [-0.15, -0.1) is 0 Å². The summed E-state index contributed by atoms with van der Waals surface area (Å²) in [5.74, 6) is -0.256. The molecule has 0 radical (unpaired) electrons. The molecule has 44 heavy (non-hydrogen) atoms. The van der Waals surface area contributed by atoms with Gasteiger partial charge in [0, 0.05) is 24.0 Å². The SMILES string of the molecule is CCNC(=O)[C@H](Cc1ccccc1)N(Cc1cccc(OC)c1)C(=O)CN(c1ccc(Br)cc1)S(=O)(=O)c1ccc(C)cc1. The summed E-state index contributed by atoms with van der Waals surface area (Å²) in [6.07, 6.45) is 0.241. The minimum atomic E-state index is -4.16. The molecule has 0 bridgehead atoms. The van der Waals surface area contributed by atoms with Crippen molar-refractivity contribution in [2.75, 3.05) is 24.5 Å². The predicted octanol–water partition coefficient (Wildman–Crippen LogP) is 5.74. The van der Waals surface area contributed by atoms with Crippen LogP contribution in [0.4, 0.5) is 5.69 Å². The van der Waals surface area contributed by atoms with Crippen LogP contribution in [-0.4, -0.2) is 51.4 Å². The zero-order chi connectivity index (χ0) is 31.7. The second-order valence-electron chi connectivity index (χ2n) is 10.3. The molecule has 0 aliphatic carbocycles. The van der Waals surface area contributed by atoms with Crippen molar-refractivity contribution in [1.29, 1.82) is 0 Å². The number of carbonyl (C=O) groups is 2. The lowest BCUT2D eigenvalue weighted by atomic mass is 10.0. The smallest absolute Gasteiger partial charge is 0.264 e. The molecule has 4 aromatic rings. The number of nitrogens with zero attached hydrogens (tertiary/aromatic N) is 2. The summed E-state index contributed by atoms with van der Waals surface area (Å²) in [6, 6.07) is 29.0. The highest BCUT2D eigenvalue weighted by Crippen LogP contribution is 2.27. The van der Waals surface area contributed by atoms with Gasteiger partial charge in [-0.05, 0) is 73.5 Å². The van der Waals surface area contributed by atoms with Gasteiger partial charge < -0.3 is 15.0 Å². The number of carbonyl (C=O) groups excluding carboxylic acids is 2. The van der Waals surface area contributed by atoms with E-state index in [-0.39, 0.29) is 23.8 Å². The lowest BCUT2D eigenvalue weighted by Gasteiger charge is -2.34. The number of amides is 2. The molecule has 0 spiro atoms. The standard InChI is InChI=1S/C34H36BrN3O5S/c1-4-36-34(40)32(22-26-9-6-5-7-10-26)37(23-27-11-8-12-30(21-27)43-3)33(39)24-38(29-17-15-28(35)16-18-29)44(41,42)31-19-13-25(2)14-20-31/h5-21,32H,4,22-24H2,1-3H3,(H,36,40)/t32-/m0/s1. The molecule has 4 rings (SSSR count). The number of aryl methyl sites for hydroxylation is 1. The van der Waals surface area contributed by atoms with Gasteiger partial charge in [-0.2, -0.15) is 0 Å². The minimum Gasteiger partial charge on any atom is -0.497 e. The van der Waals surface area contributed by atoms with E-state index >= 15 is 0 Å². The average molecular weight is 679 g/mol. The third kappa shape index (κ3) is 8.27. The molecular weight excluding hydrogens is 642 g/mol. The summed E-state index contributed by atoms with van der Waals surface area (Å²) in [4.78, 5) is 29.5. The molecule has 0 saturated heterocycles. The van der Waals surface area contributed by atoms with E-state index in [0.29, 0.717) is 18.0 Å². The Hall–Kier alpha value is -4.15.